The van der Waals surface area contributed by atoms with Gasteiger partial charge in [-0.1, -0.05) is 18.2 Å². The molecule has 0 unspecified atom stereocenters. The monoisotopic (exact) mass is 457 g/mol. The first-order chi connectivity index (χ1) is 15.6. The molecule has 0 aliphatic heterocycles. The Kier molecular flexibility index (Phi) is 5.84. The molecule has 1 heterocycles. The number of aromatic amines is 1. The first-order valence-electron chi connectivity index (χ1n) is 10.0. The Morgan fingerprint density at radius 2 is 1.76 bits per heavy atom. The molecule has 4 rings (SSSR count). The lowest BCUT2D eigenvalue weighted by atomic mass is 10.0. The van der Waals surface area contributed by atoms with Crippen molar-refractivity contribution in [2.75, 3.05) is 0 Å². The minimum Gasteiger partial charge on any atom is -0.481 e. The van der Waals surface area contributed by atoms with Crippen molar-refractivity contribution in [1.29, 1.82) is 0 Å². The summed E-state index contributed by atoms with van der Waals surface area (Å²) < 4.78 is 60.1. The molecule has 0 radical (unpaired) electrons. The molecule has 0 spiro atoms. The van der Waals surface area contributed by atoms with Crippen molar-refractivity contribution >= 4 is 16.9 Å². The third kappa shape index (κ3) is 5.00. The fraction of sp³-hybridized carbons (Fsp3) is 0.160. The quantitative estimate of drug-likeness (QED) is 0.319. The fourth-order valence-corrected chi connectivity index (χ4v) is 3.78. The lowest BCUT2D eigenvalue weighted by Gasteiger charge is -2.18. The summed E-state index contributed by atoms with van der Waals surface area (Å²) in [7, 11) is 0. The van der Waals surface area contributed by atoms with Crippen LogP contribution in [0, 0.1) is 12.7 Å². The van der Waals surface area contributed by atoms with Crippen LogP contribution in [-0.4, -0.2) is 16.1 Å². The first kappa shape index (κ1) is 22.4. The largest absolute Gasteiger partial charge is 0.481 e. The van der Waals surface area contributed by atoms with Gasteiger partial charge in [0.25, 0.3) is 0 Å². The van der Waals surface area contributed by atoms with Crippen molar-refractivity contribution in [3.8, 4) is 11.5 Å². The lowest BCUT2D eigenvalue weighted by molar-refractivity contribution is -0.139. The van der Waals surface area contributed by atoms with Crippen LogP contribution in [-0.2, 0) is 23.8 Å². The molecule has 0 saturated heterocycles. The van der Waals surface area contributed by atoms with E-state index in [1.165, 1.54) is 25.1 Å². The molecule has 4 nitrogen and oxygen atoms in total. The molecule has 0 bridgehead atoms. The maximum atomic E-state index is 13.7. The zero-order valence-corrected chi connectivity index (χ0v) is 17.5. The highest BCUT2D eigenvalue weighted by molar-refractivity contribution is 5.85. The van der Waals surface area contributed by atoms with Crippen LogP contribution in [0.4, 0.5) is 17.6 Å². The summed E-state index contributed by atoms with van der Waals surface area (Å²) in [4.78, 5) is 14.1. The molecular weight excluding hydrogens is 438 g/mol. The standard InChI is InChI=1S/C25H19F4NO3/c1-14-8-16(11-23(31)32)10-21(25(27,28)29)24(14)33-19-6-7-22-20(12-19)17(13-30-22)9-15-2-4-18(26)5-3-15/h2-8,10,12-13,30H,9,11H2,1H3,(H,31,32). The topological polar surface area (TPSA) is 62.3 Å². The molecule has 33 heavy (non-hydrogen) atoms. The molecule has 170 valence electrons. The first-order valence-corrected chi connectivity index (χ1v) is 10.0. The van der Waals surface area contributed by atoms with Crippen molar-refractivity contribution in [1.82, 2.24) is 4.98 Å². The predicted octanol–water partition coefficient (Wildman–Crippen LogP) is 6.64. The van der Waals surface area contributed by atoms with Crippen LogP contribution < -0.4 is 4.74 Å². The number of rotatable bonds is 6. The van der Waals surface area contributed by atoms with Gasteiger partial charge in [-0.2, -0.15) is 13.2 Å². The van der Waals surface area contributed by atoms with Gasteiger partial charge in [-0.25, -0.2) is 4.39 Å². The van der Waals surface area contributed by atoms with E-state index in [2.05, 4.69) is 4.98 Å². The van der Waals surface area contributed by atoms with Gasteiger partial charge in [0.1, 0.15) is 17.3 Å². The van der Waals surface area contributed by atoms with Crippen molar-refractivity contribution < 1.29 is 32.2 Å². The van der Waals surface area contributed by atoms with Gasteiger partial charge in [0.2, 0.25) is 0 Å². The summed E-state index contributed by atoms with van der Waals surface area (Å²) in [5.41, 5.74) is 1.74. The Morgan fingerprint density at radius 1 is 1.03 bits per heavy atom. The maximum Gasteiger partial charge on any atom is 0.420 e. The number of aryl methyl sites for hydroxylation is 1. The van der Waals surface area contributed by atoms with E-state index in [4.69, 9.17) is 9.84 Å². The van der Waals surface area contributed by atoms with E-state index in [1.54, 1.807) is 36.5 Å². The summed E-state index contributed by atoms with van der Waals surface area (Å²) in [6.45, 7) is 1.45. The minimum atomic E-state index is -4.72. The van der Waals surface area contributed by atoms with Crippen LogP contribution in [0.15, 0.2) is 60.8 Å². The number of aliphatic carboxylic acids is 1. The predicted molar refractivity (Wildman–Crippen MR) is 115 cm³/mol. The summed E-state index contributed by atoms with van der Waals surface area (Å²) in [6, 6.07) is 13.2. The number of H-pyrrole nitrogens is 1. The van der Waals surface area contributed by atoms with Gasteiger partial charge in [-0.3, -0.25) is 4.79 Å². The molecule has 3 aromatic carbocycles. The second-order valence-corrected chi connectivity index (χ2v) is 7.78. The van der Waals surface area contributed by atoms with Gasteiger partial charge < -0.3 is 14.8 Å². The summed E-state index contributed by atoms with van der Waals surface area (Å²) in [5.74, 6) is -1.71. The molecule has 0 aliphatic rings. The van der Waals surface area contributed by atoms with Crippen LogP contribution in [0.1, 0.15) is 27.8 Å². The highest BCUT2D eigenvalue weighted by atomic mass is 19.4. The fourth-order valence-electron chi connectivity index (χ4n) is 3.78. The Bertz CT molecular complexity index is 1320. The van der Waals surface area contributed by atoms with Crippen molar-refractivity contribution in [2.24, 2.45) is 0 Å². The Balaban J connectivity index is 1.70. The zero-order valence-electron chi connectivity index (χ0n) is 17.5. The molecule has 0 aliphatic carbocycles. The smallest absolute Gasteiger partial charge is 0.420 e. The molecule has 1 aromatic heterocycles. The van der Waals surface area contributed by atoms with Crippen LogP contribution in [0.3, 0.4) is 0 Å². The normalized spacial score (nSPS) is 11.7. The van der Waals surface area contributed by atoms with Gasteiger partial charge in [0.15, 0.2) is 0 Å². The number of fused-ring (bicyclic) bond motifs is 1. The number of alkyl halides is 3. The zero-order chi connectivity index (χ0) is 23.8. The van der Waals surface area contributed by atoms with E-state index in [0.717, 1.165) is 28.1 Å². The summed E-state index contributed by atoms with van der Waals surface area (Å²) in [6.07, 6.45) is -2.95. The van der Waals surface area contributed by atoms with Gasteiger partial charge in [-0.05, 0) is 72.0 Å². The van der Waals surface area contributed by atoms with Crippen LogP contribution in [0.25, 0.3) is 10.9 Å². The number of halogens is 4. The van der Waals surface area contributed by atoms with Crippen molar-refractivity contribution in [3.63, 3.8) is 0 Å². The number of nitrogens with one attached hydrogen (secondary N) is 1. The van der Waals surface area contributed by atoms with Crippen molar-refractivity contribution in [2.45, 2.75) is 25.9 Å². The van der Waals surface area contributed by atoms with Gasteiger partial charge in [-0.15, -0.1) is 0 Å². The molecular formula is C25H19F4NO3. The lowest BCUT2D eigenvalue weighted by Crippen LogP contribution is -2.11. The number of ether oxygens (including phenoxy) is 1. The van der Waals surface area contributed by atoms with Gasteiger partial charge >= 0.3 is 12.1 Å². The van der Waals surface area contributed by atoms with Crippen LogP contribution in [0.2, 0.25) is 0 Å². The highest BCUT2D eigenvalue weighted by Gasteiger charge is 2.36. The third-order valence-corrected chi connectivity index (χ3v) is 5.26. The van der Waals surface area contributed by atoms with E-state index in [9.17, 15) is 22.4 Å². The second-order valence-electron chi connectivity index (χ2n) is 7.78. The number of carbonyl (C=O) groups is 1. The second kappa shape index (κ2) is 8.61. The van der Waals surface area contributed by atoms with Crippen molar-refractivity contribution in [3.05, 3.63) is 94.4 Å². The third-order valence-electron chi connectivity index (χ3n) is 5.26. The maximum absolute atomic E-state index is 13.7. The Labute approximate surface area is 186 Å². The van der Waals surface area contributed by atoms with E-state index >= 15 is 0 Å². The molecule has 0 saturated carbocycles. The number of carboxylic acids is 1. The highest BCUT2D eigenvalue weighted by Crippen LogP contribution is 2.41. The average molecular weight is 457 g/mol. The van der Waals surface area contributed by atoms with E-state index in [0.29, 0.717) is 6.42 Å². The number of benzene rings is 3. The SMILES string of the molecule is Cc1cc(CC(=O)O)cc(C(F)(F)F)c1Oc1ccc2[nH]cc(Cc3ccc(F)cc3)c2c1. The number of aromatic nitrogens is 1. The molecule has 2 N–H and O–H groups in total. The Morgan fingerprint density at radius 3 is 2.42 bits per heavy atom. The Hall–Kier alpha value is -3.81. The molecule has 0 fully saturated rings. The van der Waals surface area contributed by atoms with E-state index in [1.807, 2.05) is 0 Å². The molecule has 0 atom stereocenters. The van der Waals surface area contributed by atoms with E-state index in [-0.39, 0.29) is 28.4 Å². The average Bonchev–Trinajstić information content (AvgIpc) is 3.12. The van der Waals surface area contributed by atoms with Crippen LogP contribution in [0.5, 0.6) is 11.5 Å². The number of hydrogen-bond donors (Lipinski definition) is 2. The molecule has 0 amide bonds. The van der Waals surface area contributed by atoms with Gasteiger partial charge in [0.05, 0.1) is 12.0 Å². The number of carboxylic acid groups (broad SMARTS) is 1. The summed E-state index contributed by atoms with van der Waals surface area (Å²) >= 11 is 0. The van der Waals surface area contributed by atoms with E-state index < -0.39 is 24.1 Å². The molecule has 4 aromatic rings. The van der Waals surface area contributed by atoms with Gasteiger partial charge in [0, 0.05) is 17.1 Å². The minimum absolute atomic E-state index is 0.0438. The molecule has 8 heteroatoms. The summed E-state index contributed by atoms with van der Waals surface area (Å²) in [5, 5.41) is 9.72. The number of hydrogen-bond acceptors (Lipinski definition) is 2. The van der Waals surface area contributed by atoms with Crippen LogP contribution >= 0.6 is 0 Å².